The highest BCUT2D eigenvalue weighted by Crippen LogP contribution is 2.15. The second-order valence-corrected chi connectivity index (χ2v) is 7.30. The minimum absolute atomic E-state index is 0.00377. The zero-order chi connectivity index (χ0) is 19.8. The molecule has 7 heteroatoms. The lowest BCUT2D eigenvalue weighted by Gasteiger charge is -2.07. The Hall–Kier alpha value is -2.93. The molecule has 0 atom stereocenters. The molecule has 0 saturated carbocycles. The molecule has 2 heterocycles. The van der Waals surface area contributed by atoms with E-state index in [1.165, 1.54) is 0 Å². The van der Waals surface area contributed by atoms with Crippen molar-refractivity contribution in [1.29, 1.82) is 0 Å². The van der Waals surface area contributed by atoms with Crippen molar-refractivity contribution in [2.75, 3.05) is 13.2 Å². The first-order chi connectivity index (χ1) is 13.6. The standard InChI is InChI=1S/C21H23N3O3S/c1-15-3-6-18(7-4-15)26-12-20(25)22-10-9-17-14-28-21(24-17)13-27-19-8-5-16(2)23-11-19/h3-8,11,14H,9-10,12-13H2,1-2H3,(H,22,25). The van der Waals surface area contributed by atoms with Gasteiger partial charge in [-0.2, -0.15) is 0 Å². The van der Waals surface area contributed by atoms with E-state index >= 15 is 0 Å². The molecule has 28 heavy (non-hydrogen) atoms. The van der Waals surface area contributed by atoms with Crippen LogP contribution in [0.5, 0.6) is 11.5 Å². The molecule has 0 bridgehead atoms. The number of amides is 1. The first kappa shape index (κ1) is 19.8. The van der Waals surface area contributed by atoms with Crippen LogP contribution in [0.15, 0.2) is 48.0 Å². The molecule has 2 aromatic heterocycles. The lowest BCUT2D eigenvalue weighted by atomic mass is 10.2. The van der Waals surface area contributed by atoms with Crippen LogP contribution in [0.3, 0.4) is 0 Å². The van der Waals surface area contributed by atoms with Crippen LogP contribution in [0.4, 0.5) is 0 Å². The van der Waals surface area contributed by atoms with Crippen LogP contribution in [-0.4, -0.2) is 29.0 Å². The molecule has 1 amide bonds. The van der Waals surface area contributed by atoms with Gasteiger partial charge in [-0.3, -0.25) is 9.78 Å². The molecule has 0 fully saturated rings. The zero-order valence-electron chi connectivity index (χ0n) is 16.0. The lowest BCUT2D eigenvalue weighted by Crippen LogP contribution is -2.30. The van der Waals surface area contributed by atoms with E-state index in [0.29, 0.717) is 25.3 Å². The highest BCUT2D eigenvalue weighted by Gasteiger charge is 2.06. The number of hydrogen-bond acceptors (Lipinski definition) is 6. The molecule has 0 unspecified atom stereocenters. The molecule has 3 rings (SSSR count). The number of benzene rings is 1. The quantitative estimate of drug-likeness (QED) is 0.598. The van der Waals surface area contributed by atoms with Crippen LogP contribution >= 0.6 is 11.3 Å². The van der Waals surface area contributed by atoms with Gasteiger partial charge < -0.3 is 14.8 Å². The van der Waals surface area contributed by atoms with Crippen molar-refractivity contribution < 1.29 is 14.3 Å². The summed E-state index contributed by atoms with van der Waals surface area (Å²) in [7, 11) is 0. The summed E-state index contributed by atoms with van der Waals surface area (Å²) < 4.78 is 11.1. The van der Waals surface area contributed by atoms with E-state index in [1.807, 2.05) is 55.6 Å². The Morgan fingerprint density at radius 3 is 2.61 bits per heavy atom. The Morgan fingerprint density at radius 2 is 1.86 bits per heavy atom. The third-order valence-electron chi connectivity index (χ3n) is 3.94. The van der Waals surface area contributed by atoms with E-state index in [-0.39, 0.29) is 12.5 Å². The Bertz CT molecular complexity index is 892. The van der Waals surface area contributed by atoms with Gasteiger partial charge in [-0.1, -0.05) is 17.7 Å². The summed E-state index contributed by atoms with van der Waals surface area (Å²) in [6.07, 6.45) is 2.37. The molecule has 6 nitrogen and oxygen atoms in total. The van der Waals surface area contributed by atoms with E-state index in [4.69, 9.17) is 9.47 Å². The summed E-state index contributed by atoms with van der Waals surface area (Å²) in [5.41, 5.74) is 3.04. The van der Waals surface area contributed by atoms with Crippen LogP contribution in [0.25, 0.3) is 0 Å². The maximum absolute atomic E-state index is 11.9. The predicted octanol–water partition coefficient (Wildman–Crippen LogP) is 3.47. The Kier molecular flexibility index (Phi) is 6.97. The number of hydrogen-bond donors (Lipinski definition) is 1. The van der Waals surface area contributed by atoms with E-state index in [2.05, 4.69) is 15.3 Å². The second-order valence-electron chi connectivity index (χ2n) is 6.36. The third kappa shape index (κ3) is 6.35. The number of rotatable bonds is 9. The van der Waals surface area contributed by atoms with Gasteiger partial charge in [0, 0.05) is 24.0 Å². The predicted molar refractivity (Wildman–Crippen MR) is 109 cm³/mol. The van der Waals surface area contributed by atoms with Crippen molar-refractivity contribution in [3.8, 4) is 11.5 Å². The fraction of sp³-hybridized carbons (Fsp3) is 0.286. The van der Waals surface area contributed by atoms with Gasteiger partial charge in [0.15, 0.2) is 6.61 Å². The Balaban J connectivity index is 1.35. The van der Waals surface area contributed by atoms with Gasteiger partial charge >= 0.3 is 0 Å². The number of thiazole rings is 1. The Labute approximate surface area is 168 Å². The maximum Gasteiger partial charge on any atom is 0.257 e. The molecule has 146 valence electrons. The van der Waals surface area contributed by atoms with Crippen molar-refractivity contribution >= 4 is 17.2 Å². The molecular weight excluding hydrogens is 374 g/mol. The van der Waals surface area contributed by atoms with Gasteiger partial charge in [-0.15, -0.1) is 11.3 Å². The average molecular weight is 398 g/mol. The average Bonchev–Trinajstić information content (AvgIpc) is 3.15. The molecule has 0 aliphatic heterocycles. The Morgan fingerprint density at radius 1 is 1.07 bits per heavy atom. The molecule has 3 aromatic rings. The zero-order valence-corrected chi connectivity index (χ0v) is 16.8. The number of carbonyl (C=O) groups excluding carboxylic acids is 1. The number of aromatic nitrogens is 2. The van der Waals surface area contributed by atoms with Crippen LogP contribution < -0.4 is 14.8 Å². The van der Waals surface area contributed by atoms with Gasteiger partial charge in [0.2, 0.25) is 0 Å². The molecule has 0 aliphatic rings. The summed E-state index contributed by atoms with van der Waals surface area (Å²) in [4.78, 5) is 20.6. The van der Waals surface area contributed by atoms with Gasteiger partial charge in [0.1, 0.15) is 23.1 Å². The van der Waals surface area contributed by atoms with Crippen molar-refractivity contribution in [3.05, 3.63) is 69.9 Å². The van der Waals surface area contributed by atoms with E-state index in [9.17, 15) is 4.79 Å². The summed E-state index contributed by atoms with van der Waals surface area (Å²) in [5.74, 6) is 1.27. The van der Waals surface area contributed by atoms with Gasteiger partial charge in [0.25, 0.3) is 5.91 Å². The first-order valence-electron chi connectivity index (χ1n) is 9.03. The van der Waals surface area contributed by atoms with Gasteiger partial charge in [0.05, 0.1) is 11.9 Å². The summed E-state index contributed by atoms with van der Waals surface area (Å²) >= 11 is 1.55. The number of ether oxygens (including phenoxy) is 2. The number of carbonyl (C=O) groups is 1. The SMILES string of the molecule is Cc1ccc(OCC(=O)NCCc2csc(COc3ccc(C)nc3)n2)cc1. The molecule has 0 saturated heterocycles. The number of aryl methyl sites for hydroxylation is 2. The molecule has 1 N–H and O–H groups in total. The number of pyridine rings is 1. The van der Waals surface area contributed by atoms with Crippen LogP contribution in [0, 0.1) is 13.8 Å². The van der Waals surface area contributed by atoms with Crippen molar-refractivity contribution in [2.24, 2.45) is 0 Å². The summed E-state index contributed by atoms with van der Waals surface area (Å²) in [5, 5.41) is 5.73. The molecule has 1 aromatic carbocycles. The fourth-order valence-electron chi connectivity index (χ4n) is 2.38. The topological polar surface area (TPSA) is 73.3 Å². The number of nitrogens with one attached hydrogen (secondary N) is 1. The maximum atomic E-state index is 11.9. The summed E-state index contributed by atoms with van der Waals surface area (Å²) in [6.45, 7) is 4.87. The van der Waals surface area contributed by atoms with E-state index < -0.39 is 0 Å². The molecule has 0 radical (unpaired) electrons. The molecular formula is C21H23N3O3S. The lowest BCUT2D eigenvalue weighted by molar-refractivity contribution is -0.123. The van der Waals surface area contributed by atoms with E-state index in [0.717, 1.165) is 27.7 Å². The largest absolute Gasteiger partial charge is 0.485 e. The monoisotopic (exact) mass is 397 g/mol. The van der Waals surface area contributed by atoms with Crippen molar-refractivity contribution in [1.82, 2.24) is 15.3 Å². The third-order valence-corrected chi connectivity index (χ3v) is 4.81. The van der Waals surface area contributed by atoms with Crippen molar-refractivity contribution in [2.45, 2.75) is 26.9 Å². The fourth-order valence-corrected chi connectivity index (χ4v) is 3.12. The number of nitrogens with zero attached hydrogens (tertiary/aromatic N) is 2. The van der Waals surface area contributed by atoms with Gasteiger partial charge in [-0.25, -0.2) is 4.98 Å². The second kappa shape index (κ2) is 9.85. The smallest absolute Gasteiger partial charge is 0.257 e. The molecule has 0 aliphatic carbocycles. The highest BCUT2D eigenvalue weighted by molar-refractivity contribution is 7.09. The normalized spacial score (nSPS) is 10.5. The minimum Gasteiger partial charge on any atom is -0.485 e. The minimum atomic E-state index is -0.147. The molecule has 0 spiro atoms. The van der Waals surface area contributed by atoms with E-state index in [1.54, 1.807) is 17.5 Å². The van der Waals surface area contributed by atoms with Crippen LogP contribution in [-0.2, 0) is 17.8 Å². The summed E-state index contributed by atoms with van der Waals surface area (Å²) in [6, 6.07) is 11.4. The van der Waals surface area contributed by atoms with Gasteiger partial charge in [-0.05, 0) is 38.1 Å². The highest BCUT2D eigenvalue weighted by atomic mass is 32.1. The van der Waals surface area contributed by atoms with Crippen LogP contribution in [0.1, 0.15) is 22.0 Å². The first-order valence-corrected chi connectivity index (χ1v) is 9.91. The van der Waals surface area contributed by atoms with Crippen molar-refractivity contribution in [3.63, 3.8) is 0 Å². The van der Waals surface area contributed by atoms with Crippen LogP contribution in [0.2, 0.25) is 0 Å².